The van der Waals surface area contributed by atoms with Gasteiger partial charge < -0.3 is 10.1 Å². The van der Waals surface area contributed by atoms with Crippen LogP contribution >= 0.6 is 0 Å². The molecule has 0 bridgehead atoms. The Balaban J connectivity index is 1.33. The van der Waals surface area contributed by atoms with Crippen LogP contribution in [0.2, 0.25) is 0 Å². The van der Waals surface area contributed by atoms with Gasteiger partial charge in [-0.05, 0) is 55.5 Å². The molecular weight excluding hydrogens is 404 g/mol. The summed E-state index contributed by atoms with van der Waals surface area (Å²) in [6, 6.07) is 15.9. The van der Waals surface area contributed by atoms with Gasteiger partial charge in [0.2, 0.25) is 0 Å². The van der Waals surface area contributed by atoms with E-state index in [2.05, 4.69) is 32.6 Å². The van der Waals surface area contributed by atoms with E-state index in [4.69, 9.17) is 9.84 Å². The minimum absolute atomic E-state index is 0.0307. The van der Waals surface area contributed by atoms with Gasteiger partial charge in [-0.3, -0.25) is 4.79 Å². The van der Waals surface area contributed by atoms with E-state index < -0.39 is 0 Å². The number of hydrogen-bond donors (Lipinski definition) is 1. The lowest BCUT2D eigenvalue weighted by Gasteiger charge is -2.14. The molecule has 160 valence electrons. The van der Waals surface area contributed by atoms with Crippen molar-refractivity contribution in [2.24, 2.45) is 0 Å². The fourth-order valence-electron chi connectivity index (χ4n) is 4.09. The van der Waals surface area contributed by atoms with E-state index in [9.17, 15) is 4.79 Å². The van der Waals surface area contributed by atoms with Gasteiger partial charge >= 0.3 is 0 Å². The fraction of sp³-hybridized carbons (Fsp3) is 0.292. The molecule has 8 nitrogen and oxygen atoms in total. The molecule has 0 aliphatic heterocycles. The van der Waals surface area contributed by atoms with Crippen LogP contribution in [0.25, 0.3) is 17.0 Å². The van der Waals surface area contributed by atoms with Crippen molar-refractivity contribution >= 4 is 11.7 Å². The molecule has 4 aromatic rings. The number of methoxy groups -OCH3 is 1. The maximum atomic E-state index is 12.3. The monoisotopic (exact) mass is 426 g/mol. The number of ether oxygens (including phenoxy) is 1. The Labute approximate surface area is 184 Å². The van der Waals surface area contributed by atoms with Crippen LogP contribution in [-0.4, -0.2) is 43.9 Å². The molecule has 2 aromatic carbocycles. The Kier molecular flexibility index (Phi) is 4.21. The smallest absolute Gasteiger partial charge is 0.271 e. The summed E-state index contributed by atoms with van der Waals surface area (Å²) < 4.78 is 7.04. The van der Waals surface area contributed by atoms with Gasteiger partial charge in [0.25, 0.3) is 11.7 Å². The van der Waals surface area contributed by atoms with Crippen LogP contribution < -0.4 is 10.1 Å². The van der Waals surface area contributed by atoms with Crippen LogP contribution in [0, 0.1) is 0 Å². The van der Waals surface area contributed by atoms with Crippen LogP contribution in [0.4, 0.5) is 0 Å². The molecule has 0 unspecified atom stereocenters. The summed E-state index contributed by atoms with van der Waals surface area (Å²) in [7, 11) is 1.66. The first-order chi connectivity index (χ1) is 15.7. The van der Waals surface area contributed by atoms with Gasteiger partial charge in [-0.15, -0.1) is 10.2 Å². The predicted molar refractivity (Wildman–Crippen MR) is 118 cm³/mol. The highest BCUT2D eigenvalue weighted by atomic mass is 16.5. The molecule has 2 aliphatic carbocycles. The zero-order valence-corrected chi connectivity index (χ0v) is 17.7. The first-order valence-corrected chi connectivity index (χ1v) is 10.8. The molecule has 32 heavy (non-hydrogen) atoms. The minimum Gasteiger partial charge on any atom is -0.497 e. The number of rotatable bonds is 6. The highest BCUT2D eigenvalue weighted by Crippen LogP contribution is 2.52. The van der Waals surface area contributed by atoms with Crippen molar-refractivity contribution in [2.75, 3.05) is 7.11 Å². The lowest BCUT2D eigenvalue weighted by Crippen LogP contribution is -2.25. The number of amides is 1. The first kappa shape index (κ1) is 18.9. The summed E-state index contributed by atoms with van der Waals surface area (Å²) in [6.45, 7) is 0. The van der Waals surface area contributed by atoms with Gasteiger partial charge in [-0.1, -0.05) is 24.3 Å². The van der Waals surface area contributed by atoms with Gasteiger partial charge in [0.05, 0.1) is 18.7 Å². The van der Waals surface area contributed by atoms with Crippen molar-refractivity contribution in [3.05, 3.63) is 71.7 Å². The summed E-state index contributed by atoms with van der Waals surface area (Å²) in [4.78, 5) is 16.7. The van der Waals surface area contributed by atoms with E-state index in [0.29, 0.717) is 23.1 Å². The topological polar surface area (TPSA) is 94.3 Å². The Morgan fingerprint density at radius 1 is 1.06 bits per heavy atom. The van der Waals surface area contributed by atoms with E-state index in [1.165, 1.54) is 5.56 Å². The molecule has 0 spiro atoms. The molecule has 2 aromatic heterocycles. The Morgan fingerprint density at radius 2 is 1.81 bits per heavy atom. The summed E-state index contributed by atoms with van der Waals surface area (Å²) in [6.07, 6.45) is 5.80. The Bertz CT molecular complexity index is 1300. The van der Waals surface area contributed by atoms with Crippen LogP contribution in [0.3, 0.4) is 0 Å². The van der Waals surface area contributed by atoms with Crippen LogP contribution in [0.15, 0.2) is 54.7 Å². The number of nitrogens with zero attached hydrogens (tertiary/aromatic N) is 5. The number of nitrogens with one attached hydrogen (secondary N) is 1. The predicted octanol–water partition coefficient (Wildman–Crippen LogP) is 3.17. The number of fused-ring (bicyclic) bond motifs is 1. The third-order valence-corrected chi connectivity index (χ3v) is 6.31. The van der Waals surface area contributed by atoms with E-state index in [-0.39, 0.29) is 11.3 Å². The highest BCUT2D eigenvalue weighted by Gasteiger charge is 2.50. The third-order valence-electron chi connectivity index (χ3n) is 6.31. The van der Waals surface area contributed by atoms with Crippen molar-refractivity contribution < 1.29 is 9.53 Å². The molecule has 6 rings (SSSR count). The zero-order chi connectivity index (χ0) is 21.7. The molecule has 1 N–H and O–H groups in total. The fourth-order valence-corrected chi connectivity index (χ4v) is 4.09. The van der Waals surface area contributed by atoms with Crippen molar-refractivity contribution in [1.29, 1.82) is 0 Å². The third kappa shape index (κ3) is 3.19. The standard InChI is InChI=1S/C24H22N6O2/c1-32-19-10-6-17(7-11-19)24(12-13-24)22-27-28-23-25-14-20(29-30(22)23)15-2-4-16(5-3-15)21(31)26-18-8-9-18/h2-7,10-11,14,18H,8-9,12-13H2,1H3,(H,26,31). The zero-order valence-electron chi connectivity index (χ0n) is 17.7. The second-order valence-corrected chi connectivity index (χ2v) is 8.51. The molecule has 2 heterocycles. The van der Waals surface area contributed by atoms with Gasteiger partial charge in [-0.25, -0.2) is 4.98 Å². The molecule has 2 aliphatic rings. The summed E-state index contributed by atoms with van der Waals surface area (Å²) in [5, 5.41) is 16.5. The molecule has 8 heteroatoms. The largest absolute Gasteiger partial charge is 0.497 e. The van der Waals surface area contributed by atoms with E-state index in [1.54, 1.807) is 17.8 Å². The summed E-state index contributed by atoms with van der Waals surface area (Å²) in [5.41, 5.74) is 3.21. The summed E-state index contributed by atoms with van der Waals surface area (Å²) >= 11 is 0. The van der Waals surface area contributed by atoms with Gasteiger partial charge in [-0.2, -0.15) is 9.61 Å². The van der Waals surface area contributed by atoms with E-state index in [0.717, 1.165) is 42.8 Å². The quantitative estimate of drug-likeness (QED) is 0.509. The second kappa shape index (κ2) is 7.12. The lowest BCUT2D eigenvalue weighted by atomic mass is 9.95. The molecular formula is C24H22N6O2. The molecule has 0 atom stereocenters. The number of carbonyl (C=O) groups excluding carboxylic acids is 1. The molecule has 2 fully saturated rings. The van der Waals surface area contributed by atoms with Crippen molar-refractivity contribution in [1.82, 2.24) is 30.1 Å². The molecule has 0 radical (unpaired) electrons. The molecule has 2 saturated carbocycles. The number of carbonyl (C=O) groups is 1. The second-order valence-electron chi connectivity index (χ2n) is 8.51. The Morgan fingerprint density at radius 3 is 2.47 bits per heavy atom. The van der Waals surface area contributed by atoms with Crippen LogP contribution in [0.5, 0.6) is 5.75 Å². The van der Waals surface area contributed by atoms with Crippen LogP contribution in [0.1, 0.15) is 47.4 Å². The van der Waals surface area contributed by atoms with Crippen LogP contribution in [-0.2, 0) is 5.41 Å². The molecule has 1 amide bonds. The average Bonchev–Trinajstić information content (AvgIpc) is 3.78. The van der Waals surface area contributed by atoms with Crippen molar-refractivity contribution in [2.45, 2.75) is 37.1 Å². The minimum atomic E-state index is -0.205. The molecule has 0 saturated heterocycles. The SMILES string of the molecule is COc1ccc(C2(c3nnc4ncc(-c5ccc(C(=O)NC6CC6)cc5)nn34)CC2)cc1. The maximum absolute atomic E-state index is 12.3. The number of aromatic nitrogens is 5. The maximum Gasteiger partial charge on any atom is 0.271 e. The highest BCUT2D eigenvalue weighted by molar-refractivity contribution is 5.95. The van der Waals surface area contributed by atoms with Crippen molar-refractivity contribution in [3.63, 3.8) is 0 Å². The normalized spacial score (nSPS) is 16.7. The lowest BCUT2D eigenvalue weighted by molar-refractivity contribution is 0.0951. The summed E-state index contributed by atoms with van der Waals surface area (Å²) in [5.74, 6) is 2.07. The van der Waals surface area contributed by atoms with E-state index in [1.807, 2.05) is 36.4 Å². The average molecular weight is 426 g/mol. The van der Waals surface area contributed by atoms with Gasteiger partial charge in [0, 0.05) is 17.2 Å². The number of benzene rings is 2. The first-order valence-electron chi connectivity index (χ1n) is 10.8. The van der Waals surface area contributed by atoms with E-state index >= 15 is 0 Å². The number of hydrogen-bond acceptors (Lipinski definition) is 6. The van der Waals surface area contributed by atoms with Crippen molar-refractivity contribution in [3.8, 4) is 17.0 Å². The van der Waals surface area contributed by atoms with Gasteiger partial charge in [0.15, 0.2) is 5.82 Å². The van der Waals surface area contributed by atoms with Gasteiger partial charge in [0.1, 0.15) is 11.4 Å². The Hall–Kier alpha value is -3.81.